The van der Waals surface area contributed by atoms with Crippen LogP contribution in [0.15, 0.2) is 30.3 Å². The minimum Gasteiger partial charge on any atom is -0.469 e. The van der Waals surface area contributed by atoms with Gasteiger partial charge in [0.1, 0.15) is 0 Å². The fourth-order valence-electron chi connectivity index (χ4n) is 1.66. The van der Waals surface area contributed by atoms with Crippen LogP contribution < -0.4 is 5.32 Å². The standard InChI is InChI=1S/C13H19NO2/c1-10(9-13(15)16-3)14-11(2)12-7-5-4-6-8-12/h4-8,10-11,14H,9H2,1-3H3/t10-,11+/m1/s1. The SMILES string of the molecule is COC(=O)C[C@@H](C)N[C@@H](C)c1ccccc1. The molecule has 0 bridgehead atoms. The first-order valence-electron chi connectivity index (χ1n) is 5.51. The predicted octanol–water partition coefficient (Wildman–Crippen LogP) is 2.29. The Bertz CT molecular complexity index is 324. The Balaban J connectivity index is 2.45. The van der Waals surface area contributed by atoms with E-state index in [1.54, 1.807) is 0 Å². The molecule has 0 aliphatic rings. The molecule has 0 aromatic heterocycles. The van der Waals surface area contributed by atoms with Crippen LogP contribution in [0.25, 0.3) is 0 Å². The van der Waals surface area contributed by atoms with Crippen molar-refractivity contribution in [1.82, 2.24) is 5.32 Å². The molecule has 1 N–H and O–H groups in total. The minimum absolute atomic E-state index is 0.114. The van der Waals surface area contributed by atoms with Crippen molar-refractivity contribution in [2.75, 3.05) is 7.11 Å². The van der Waals surface area contributed by atoms with Gasteiger partial charge in [-0.2, -0.15) is 0 Å². The van der Waals surface area contributed by atoms with Gasteiger partial charge in [0.2, 0.25) is 0 Å². The molecular weight excluding hydrogens is 202 g/mol. The number of nitrogens with one attached hydrogen (secondary N) is 1. The highest BCUT2D eigenvalue weighted by molar-refractivity contribution is 5.69. The van der Waals surface area contributed by atoms with Gasteiger partial charge in [0, 0.05) is 12.1 Å². The van der Waals surface area contributed by atoms with E-state index in [1.807, 2.05) is 25.1 Å². The van der Waals surface area contributed by atoms with Crippen LogP contribution >= 0.6 is 0 Å². The summed E-state index contributed by atoms with van der Waals surface area (Å²) in [6, 6.07) is 10.5. The first-order valence-corrected chi connectivity index (χ1v) is 5.51. The third kappa shape index (κ3) is 4.03. The zero-order chi connectivity index (χ0) is 12.0. The van der Waals surface area contributed by atoms with Crippen LogP contribution in [0.5, 0.6) is 0 Å². The lowest BCUT2D eigenvalue weighted by molar-refractivity contribution is -0.141. The predicted molar refractivity (Wildman–Crippen MR) is 64.1 cm³/mol. The van der Waals surface area contributed by atoms with Gasteiger partial charge in [-0.15, -0.1) is 0 Å². The molecule has 0 amide bonds. The van der Waals surface area contributed by atoms with Crippen LogP contribution in [0.1, 0.15) is 31.9 Å². The summed E-state index contributed by atoms with van der Waals surface area (Å²) in [6.07, 6.45) is 0.397. The van der Waals surface area contributed by atoms with Gasteiger partial charge in [0.25, 0.3) is 0 Å². The second-order valence-electron chi connectivity index (χ2n) is 3.98. The van der Waals surface area contributed by atoms with E-state index in [9.17, 15) is 4.79 Å². The molecule has 16 heavy (non-hydrogen) atoms. The van der Waals surface area contributed by atoms with Crippen molar-refractivity contribution in [2.24, 2.45) is 0 Å². The number of carbonyl (C=O) groups excluding carboxylic acids is 1. The van der Waals surface area contributed by atoms with E-state index in [1.165, 1.54) is 12.7 Å². The van der Waals surface area contributed by atoms with Crippen LogP contribution in [0.4, 0.5) is 0 Å². The molecule has 0 aliphatic carbocycles. The summed E-state index contributed by atoms with van der Waals surface area (Å²) < 4.78 is 4.63. The lowest BCUT2D eigenvalue weighted by atomic mass is 10.1. The van der Waals surface area contributed by atoms with Crippen molar-refractivity contribution in [3.8, 4) is 0 Å². The molecule has 0 fully saturated rings. The maximum Gasteiger partial charge on any atom is 0.307 e. The average Bonchev–Trinajstić information content (AvgIpc) is 2.29. The molecule has 0 aliphatic heterocycles. The first-order chi connectivity index (χ1) is 7.63. The second-order valence-corrected chi connectivity index (χ2v) is 3.98. The molecule has 0 saturated carbocycles. The zero-order valence-corrected chi connectivity index (χ0v) is 10.1. The second kappa shape index (κ2) is 6.28. The molecular formula is C13H19NO2. The van der Waals surface area contributed by atoms with Crippen molar-refractivity contribution in [3.63, 3.8) is 0 Å². The summed E-state index contributed by atoms with van der Waals surface area (Å²) in [6.45, 7) is 4.07. The highest BCUT2D eigenvalue weighted by atomic mass is 16.5. The van der Waals surface area contributed by atoms with E-state index >= 15 is 0 Å². The summed E-state index contributed by atoms with van der Waals surface area (Å²) >= 11 is 0. The lowest BCUT2D eigenvalue weighted by Gasteiger charge is -2.19. The normalized spacial score (nSPS) is 14.2. The van der Waals surface area contributed by atoms with Crippen LogP contribution in [-0.4, -0.2) is 19.1 Å². The third-order valence-corrected chi connectivity index (χ3v) is 2.53. The largest absolute Gasteiger partial charge is 0.469 e. The fraction of sp³-hybridized carbons (Fsp3) is 0.462. The Morgan fingerprint density at radius 2 is 1.94 bits per heavy atom. The van der Waals surface area contributed by atoms with Crippen LogP contribution in [0.3, 0.4) is 0 Å². The minimum atomic E-state index is -0.180. The number of hydrogen-bond donors (Lipinski definition) is 1. The molecule has 0 saturated heterocycles. The Morgan fingerprint density at radius 3 is 2.50 bits per heavy atom. The Kier molecular flexibility index (Phi) is 4.99. The number of hydrogen-bond acceptors (Lipinski definition) is 3. The van der Waals surface area contributed by atoms with Crippen LogP contribution in [0.2, 0.25) is 0 Å². The van der Waals surface area contributed by atoms with Gasteiger partial charge >= 0.3 is 5.97 Å². The van der Waals surface area contributed by atoms with Crippen molar-refractivity contribution in [2.45, 2.75) is 32.4 Å². The number of benzene rings is 1. The molecule has 1 aromatic carbocycles. The van der Waals surface area contributed by atoms with E-state index < -0.39 is 0 Å². The van der Waals surface area contributed by atoms with Gasteiger partial charge in [0.15, 0.2) is 0 Å². The van der Waals surface area contributed by atoms with E-state index in [0.717, 1.165) is 0 Å². The molecule has 0 spiro atoms. The van der Waals surface area contributed by atoms with E-state index in [0.29, 0.717) is 6.42 Å². The van der Waals surface area contributed by atoms with E-state index in [2.05, 4.69) is 29.1 Å². The molecule has 3 heteroatoms. The zero-order valence-electron chi connectivity index (χ0n) is 10.1. The Morgan fingerprint density at radius 1 is 1.31 bits per heavy atom. The third-order valence-electron chi connectivity index (χ3n) is 2.53. The molecule has 88 valence electrons. The highest BCUT2D eigenvalue weighted by Crippen LogP contribution is 2.12. The van der Waals surface area contributed by atoms with E-state index in [4.69, 9.17) is 0 Å². The topological polar surface area (TPSA) is 38.3 Å². The molecule has 0 unspecified atom stereocenters. The maximum absolute atomic E-state index is 11.1. The van der Waals surface area contributed by atoms with Crippen molar-refractivity contribution >= 4 is 5.97 Å². The maximum atomic E-state index is 11.1. The Hall–Kier alpha value is -1.35. The monoisotopic (exact) mass is 221 g/mol. The van der Waals surface area contributed by atoms with Gasteiger partial charge in [0.05, 0.1) is 13.5 Å². The number of ether oxygens (including phenoxy) is 1. The molecule has 2 atom stereocenters. The number of esters is 1. The van der Waals surface area contributed by atoms with Crippen molar-refractivity contribution < 1.29 is 9.53 Å². The number of rotatable bonds is 5. The molecule has 0 heterocycles. The van der Waals surface area contributed by atoms with E-state index in [-0.39, 0.29) is 18.1 Å². The van der Waals surface area contributed by atoms with Crippen molar-refractivity contribution in [1.29, 1.82) is 0 Å². The fourth-order valence-corrected chi connectivity index (χ4v) is 1.66. The smallest absolute Gasteiger partial charge is 0.307 e. The van der Waals surface area contributed by atoms with Gasteiger partial charge in [-0.3, -0.25) is 4.79 Å². The molecule has 0 radical (unpaired) electrons. The summed E-state index contributed by atoms with van der Waals surface area (Å²) in [5.41, 5.74) is 1.22. The average molecular weight is 221 g/mol. The van der Waals surface area contributed by atoms with Gasteiger partial charge in [-0.25, -0.2) is 0 Å². The number of carbonyl (C=O) groups is 1. The summed E-state index contributed by atoms with van der Waals surface area (Å²) in [7, 11) is 1.41. The number of methoxy groups -OCH3 is 1. The first kappa shape index (κ1) is 12.7. The lowest BCUT2D eigenvalue weighted by Crippen LogP contribution is -2.31. The molecule has 1 rings (SSSR count). The van der Waals surface area contributed by atoms with Crippen LogP contribution in [-0.2, 0) is 9.53 Å². The quantitative estimate of drug-likeness (QED) is 0.775. The highest BCUT2D eigenvalue weighted by Gasteiger charge is 2.12. The summed E-state index contributed by atoms with van der Waals surface area (Å²) in [5.74, 6) is -0.180. The van der Waals surface area contributed by atoms with Crippen molar-refractivity contribution in [3.05, 3.63) is 35.9 Å². The summed E-state index contributed by atoms with van der Waals surface area (Å²) in [5, 5.41) is 3.36. The molecule has 1 aromatic rings. The van der Waals surface area contributed by atoms with Gasteiger partial charge in [-0.05, 0) is 19.4 Å². The Labute approximate surface area is 96.8 Å². The summed E-state index contributed by atoms with van der Waals surface area (Å²) in [4.78, 5) is 11.1. The van der Waals surface area contributed by atoms with Gasteiger partial charge in [-0.1, -0.05) is 30.3 Å². The molecule has 3 nitrogen and oxygen atoms in total. The van der Waals surface area contributed by atoms with Crippen LogP contribution in [0, 0.1) is 0 Å². The van der Waals surface area contributed by atoms with Gasteiger partial charge < -0.3 is 10.1 Å².